The van der Waals surface area contributed by atoms with Crippen LogP contribution in [0.2, 0.25) is 0 Å². The molecule has 1 aliphatic carbocycles. The first-order valence-electron chi connectivity index (χ1n) is 15.1. The molecule has 0 aromatic rings. The van der Waals surface area contributed by atoms with Crippen LogP contribution in [-0.4, -0.2) is 59.6 Å². The molecule has 8 heteroatoms. The van der Waals surface area contributed by atoms with Gasteiger partial charge in [0.2, 0.25) is 0 Å². The van der Waals surface area contributed by atoms with Crippen molar-refractivity contribution in [1.29, 1.82) is 0 Å². The molecule has 0 amide bonds. The van der Waals surface area contributed by atoms with Crippen LogP contribution in [0.4, 0.5) is 0 Å². The van der Waals surface area contributed by atoms with E-state index in [1.54, 1.807) is 13.8 Å². The summed E-state index contributed by atoms with van der Waals surface area (Å²) in [6.45, 7) is 8.50. The number of ketones is 4. The van der Waals surface area contributed by atoms with Crippen LogP contribution >= 0.6 is 0 Å². The Morgan fingerprint density at radius 2 is 1.54 bits per heavy atom. The van der Waals surface area contributed by atoms with Crippen LogP contribution < -0.4 is 0 Å². The molecule has 8 nitrogen and oxygen atoms in total. The molecule has 0 aliphatic heterocycles. The quantitative estimate of drug-likeness (QED) is 0.137. The Balaban J connectivity index is 2.50. The van der Waals surface area contributed by atoms with Gasteiger partial charge in [0.15, 0.2) is 5.78 Å². The molecule has 1 fully saturated rings. The summed E-state index contributed by atoms with van der Waals surface area (Å²) in [6, 6.07) is 0. The molecule has 0 bridgehead atoms. The molecule has 0 spiro atoms. The highest BCUT2D eigenvalue weighted by Gasteiger charge is 2.30. The van der Waals surface area contributed by atoms with Gasteiger partial charge in [0.05, 0.1) is 18.6 Å². The van der Waals surface area contributed by atoms with Crippen molar-refractivity contribution in [3.8, 4) is 0 Å². The van der Waals surface area contributed by atoms with Gasteiger partial charge in [0.25, 0.3) is 0 Å². The van der Waals surface area contributed by atoms with E-state index < -0.39 is 18.1 Å². The molecule has 1 rings (SSSR count). The number of Topliss-reactive ketones (excluding diaryl/α,β-unsaturated/α-hetero) is 4. The van der Waals surface area contributed by atoms with Gasteiger partial charge in [-0.3, -0.25) is 24.0 Å². The van der Waals surface area contributed by atoms with Gasteiger partial charge in [-0.15, -0.1) is 0 Å². The first-order valence-corrected chi connectivity index (χ1v) is 15.1. The second-order valence-corrected chi connectivity index (χ2v) is 11.3. The van der Waals surface area contributed by atoms with E-state index in [2.05, 4.69) is 13.8 Å². The van der Waals surface area contributed by atoms with Crippen LogP contribution in [-0.2, 0) is 33.4 Å². The highest BCUT2D eigenvalue weighted by atomic mass is 16.5. The van der Waals surface area contributed by atoms with Crippen molar-refractivity contribution in [3.63, 3.8) is 0 Å². The summed E-state index contributed by atoms with van der Waals surface area (Å²) in [5, 5.41) is 9.32. The minimum atomic E-state index is -0.742. The standard InChI is InChI=1S/C31H52O8/c1-5-22(2)10-8-21-39-31(37)15-6-12-26-29(35)14-7-13-28(34)25(17-19-30(26)36)16-18-27(33)24(4)38-20-9-11-23(3)32/h22-26,32H,5-21H2,1-4H3. The SMILES string of the molecule is CCC(C)CCCOC(=O)CCCC1C(=O)CCCC(=O)C(CCC(=O)C(C)OCCCC(C)O)CCC1=O. The third-order valence-corrected chi connectivity index (χ3v) is 7.82. The number of aliphatic hydroxyl groups is 1. The topological polar surface area (TPSA) is 124 Å². The fraction of sp³-hybridized carbons (Fsp3) is 0.839. The Bertz CT molecular complexity index is 775. The van der Waals surface area contributed by atoms with Gasteiger partial charge in [-0.25, -0.2) is 0 Å². The highest BCUT2D eigenvalue weighted by Crippen LogP contribution is 2.25. The second-order valence-electron chi connectivity index (χ2n) is 11.3. The van der Waals surface area contributed by atoms with Gasteiger partial charge in [-0.1, -0.05) is 20.3 Å². The Labute approximate surface area is 235 Å². The van der Waals surface area contributed by atoms with Crippen molar-refractivity contribution in [2.45, 2.75) is 136 Å². The van der Waals surface area contributed by atoms with Crippen molar-refractivity contribution in [2.75, 3.05) is 13.2 Å². The summed E-state index contributed by atoms with van der Waals surface area (Å²) >= 11 is 0. The summed E-state index contributed by atoms with van der Waals surface area (Å²) in [5.41, 5.74) is 0. The Kier molecular flexibility index (Phi) is 18.0. The van der Waals surface area contributed by atoms with Crippen LogP contribution in [0.3, 0.4) is 0 Å². The molecule has 39 heavy (non-hydrogen) atoms. The zero-order chi connectivity index (χ0) is 29.2. The maximum atomic E-state index is 13.0. The van der Waals surface area contributed by atoms with Crippen molar-refractivity contribution in [1.82, 2.24) is 0 Å². The predicted octanol–water partition coefficient (Wildman–Crippen LogP) is 5.35. The van der Waals surface area contributed by atoms with E-state index in [4.69, 9.17) is 9.47 Å². The molecule has 0 aromatic carbocycles. The number of carbonyl (C=O) groups excluding carboxylic acids is 5. The lowest BCUT2D eigenvalue weighted by Crippen LogP contribution is -2.28. The first kappa shape index (κ1) is 35.1. The normalized spacial score (nSPS) is 21.3. The number of rotatable bonds is 18. The Morgan fingerprint density at radius 1 is 0.872 bits per heavy atom. The zero-order valence-corrected chi connectivity index (χ0v) is 24.7. The van der Waals surface area contributed by atoms with Crippen molar-refractivity contribution in [2.24, 2.45) is 17.8 Å². The van der Waals surface area contributed by atoms with Crippen LogP contribution in [0, 0.1) is 17.8 Å². The van der Waals surface area contributed by atoms with E-state index in [0.29, 0.717) is 64.1 Å². The molecule has 0 heterocycles. The molecular formula is C31H52O8. The minimum absolute atomic E-state index is 0.00318. The number of aliphatic hydroxyl groups excluding tert-OH is 1. The molecule has 5 atom stereocenters. The maximum Gasteiger partial charge on any atom is 0.305 e. The average Bonchev–Trinajstić information content (AvgIpc) is 2.90. The first-order chi connectivity index (χ1) is 18.5. The van der Waals surface area contributed by atoms with Crippen molar-refractivity contribution in [3.05, 3.63) is 0 Å². The van der Waals surface area contributed by atoms with Gasteiger partial charge < -0.3 is 14.6 Å². The molecule has 1 aliphatic rings. The number of carbonyl (C=O) groups is 5. The monoisotopic (exact) mass is 552 g/mol. The van der Waals surface area contributed by atoms with Gasteiger partial charge in [0.1, 0.15) is 23.5 Å². The fourth-order valence-corrected chi connectivity index (χ4v) is 4.87. The van der Waals surface area contributed by atoms with E-state index in [-0.39, 0.29) is 67.1 Å². The lowest BCUT2D eigenvalue weighted by atomic mass is 9.82. The Hall–Kier alpha value is -1.93. The van der Waals surface area contributed by atoms with Gasteiger partial charge in [0, 0.05) is 44.6 Å². The molecule has 0 aromatic heterocycles. The summed E-state index contributed by atoms with van der Waals surface area (Å²) in [5.74, 6) is -1.22. The van der Waals surface area contributed by atoms with Crippen LogP contribution in [0.25, 0.3) is 0 Å². The molecule has 1 saturated carbocycles. The molecule has 5 unspecified atom stereocenters. The third-order valence-electron chi connectivity index (χ3n) is 7.82. The summed E-state index contributed by atoms with van der Waals surface area (Å²) in [4.78, 5) is 63.0. The van der Waals surface area contributed by atoms with Crippen LogP contribution in [0.5, 0.6) is 0 Å². The van der Waals surface area contributed by atoms with Crippen molar-refractivity contribution < 1.29 is 38.6 Å². The molecule has 1 N–H and O–H groups in total. The highest BCUT2D eigenvalue weighted by molar-refractivity contribution is 6.02. The van der Waals surface area contributed by atoms with E-state index in [0.717, 1.165) is 19.3 Å². The lowest BCUT2D eigenvalue weighted by molar-refractivity contribution is -0.144. The largest absolute Gasteiger partial charge is 0.466 e. The zero-order valence-electron chi connectivity index (χ0n) is 24.7. The molecule has 0 radical (unpaired) electrons. The average molecular weight is 553 g/mol. The van der Waals surface area contributed by atoms with Gasteiger partial charge >= 0.3 is 5.97 Å². The van der Waals surface area contributed by atoms with Crippen molar-refractivity contribution >= 4 is 29.1 Å². The van der Waals surface area contributed by atoms with Gasteiger partial charge in [-0.2, -0.15) is 0 Å². The Morgan fingerprint density at radius 3 is 2.23 bits per heavy atom. The smallest absolute Gasteiger partial charge is 0.305 e. The van der Waals surface area contributed by atoms with E-state index in [1.807, 2.05) is 0 Å². The number of esters is 1. The fourth-order valence-electron chi connectivity index (χ4n) is 4.87. The van der Waals surface area contributed by atoms with E-state index in [9.17, 15) is 29.1 Å². The summed E-state index contributed by atoms with van der Waals surface area (Å²) < 4.78 is 10.9. The molecule has 0 saturated heterocycles. The van der Waals surface area contributed by atoms with Crippen LogP contribution in [0.15, 0.2) is 0 Å². The number of ether oxygens (including phenoxy) is 2. The number of hydrogen-bond donors (Lipinski definition) is 1. The van der Waals surface area contributed by atoms with E-state index in [1.165, 1.54) is 0 Å². The molecule has 224 valence electrons. The molecular weight excluding hydrogens is 500 g/mol. The second kappa shape index (κ2) is 20.0. The summed E-state index contributed by atoms with van der Waals surface area (Å²) in [7, 11) is 0. The third kappa shape index (κ3) is 15.4. The lowest BCUT2D eigenvalue weighted by Gasteiger charge is -2.21. The van der Waals surface area contributed by atoms with Gasteiger partial charge in [-0.05, 0) is 77.6 Å². The van der Waals surface area contributed by atoms with E-state index >= 15 is 0 Å². The predicted molar refractivity (Wildman–Crippen MR) is 149 cm³/mol. The maximum absolute atomic E-state index is 13.0. The summed E-state index contributed by atoms with van der Waals surface area (Å²) in [6.07, 6.45) is 6.01. The minimum Gasteiger partial charge on any atom is -0.466 e. The number of hydrogen-bond acceptors (Lipinski definition) is 8. The van der Waals surface area contributed by atoms with Crippen LogP contribution in [0.1, 0.15) is 124 Å².